The lowest BCUT2D eigenvalue weighted by Gasteiger charge is -2.39. The second kappa shape index (κ2) is 7.86. The molecule has 6 atom stereocenters. The van der Waals surface area contributed by atoms with Crippen molar-refractivity contribution in [1.29, 1.82) is 0 Å². The van der Waals surface area contributed by atoms with Crippen molar-refractivity contribution < 1.29 is 23.5 Å². The van der Waals surface area contributed by atoms with Gasteiger partial charge in [-0.25, -0.2) is 0 Å². The average Bonchev–Trinajstić information content (AvgIpc) is 2.77. The molecule has 6 nitrogen and oxygen atoms in total. The Hall–Kier alpha value is -0.420. The van der Waals surface area contributed by atoms with Crippen molar-refractivity contribution in [3.63, 3.8) is 0 Å². The van der Waals surface area contributed by atoms with Crippen LogP contribution in [-0.4, -0.2) is 36.9 Å². The molecule has 0 saturated heterocycles. The third-order valence-corrected chi connectivity index (χ3v) is 7.13. The maximum Gasteiger partial charge on any atom is 0.319 e. The van der Waals surface area contributed by atoms with E-state index < -0.39 is 14.3 Å². The van der Waals surface area contributed by atoms with Crippen molar-refractivity contribution in [2.45, 2.75) is 57.9 Å². The highest BCUT2D eigenvalue weighted by Gasteiger charge is 2.53. The normalized spacial score (nSPS) is 37.0. The van der Waals surface area contributed by atoms with Crippen molar-refractivity contribution >= 4 is 14.2 Å². The predicted octanol–water partition coefficient (Wildman–Crippen LogP) is 2.51. The summed E-state index contributed by atoms with van der Waals surface area (Å²) >= 11 is 0. The number of hydrogen-bond donors (Lipinski definition) is 2. The molecule has 0 spiro atoms. The maximum atomic E-state index is 13.0. The van der Waals surface area contributed by atoms with Gasteiger partial charge in [-0.15, -0.1) is 0 Å². The van der Waals surface area contributed by atoms with Gasteiger partial charge < -0.3 is 19.5 Å². The number of carbonyl (C=O) groups excluding carboxylic acids is 1. The Labute approximate surface area is 144 Å². The third kappa shape index (κ3) is 3.87. The zero-order valence-corrected chi connectivity index (χ0v) is 15.5. The van der Waals surface area contributed by atoms with Gasteiger partial charge in [0.15, 0.2) is 0 Å². The number of fused-ring (bicyclic) bond motifs is 2. The monoisotopic (exact) mass is 359 g/mol. The van der Waals surface area contributed by atoms with E-state index in [1.807, 2.05) is 0 Å². The summed E-state index contributed by atoms with van der Waals surface area (Å²) in [5, 5.41) is 12.5. The zero-order chi connectivity index (χ0) is 17.2. The van der Waals surface area contributed by atoms with E-state index >= 15 is 0 Å². The number of aliphatic hydroxyl groups excluding tert-OH is 1. The molecule has 0 radical (unpaired) electrons. The topological polar surface area (TPSA) is 84.9 Å². The maximum absolute atomic E-state index is 13.0. The molecule has 3 aliphatic rings. The number of rotatable bonds is 8. The van der Waals surface area contributed by atoms with E-state index in [1.54, 1.807) is 6.92 Å². The van der Waals surface area contributed by atoms with E-state index in [1.165, 1.54) is 19.3 Å². The van der Waals surface area contributed by atoms with Crippen LogP contribution in [0.4, 0.5) is 0 Å². The standard InChI is InChI=1S/C17H30NO5P/c1-2-22-24(21)23-11-15(10-19)18-16(20)17-5-3-4-13-6-12(8-17)7-14(13)9-17/h12-15,19,24H,2-11H2,1H3,(H,18,20)/t12-,13?,14?,15?,17-/m0/s1. The molecular weight excluding hydrogens is 329 g/mol. The second-order valence-electron chi connectivity index (χ2n) is 7.79. The zero-order valence-electron chi connectivity index (χ0n) is 14.5. The van der Waals surface area contributed by atoms with E-state index in [-0.39, 0.29) is 24.5 Å². The third-order valence-electron chi connectivity index (χ3n) is 6.20. The van der Waals surface area contributed by atoms with E-state index in [4.69, 9.17) is 9.05 Å². The van der Waals surface area contributed by atoms with Gasteiger partial charge in [-0.2, -0.15) is 0 Å². The number of nitrogens with one attached hydrogen (secondary N) is 1. The highest BCUT2D eigenvalue weighted by atomic mass is 31.1. The molecule has 3 saturated carbocycles. The van der Waals surface area contributed by atoms with Crippen LogP contribution < -0.4 is 5.32 Å². The minimum atomic E-state index is -2.54. The van der Waals surface area contributed by atoms with Gasteiger partial charge in [-0.05, 0) is 56.8 Å². The molecule has 0 heterocycles. The number of aliphatic hydroxyl groups is 1. The van der Waals surface area contributed by atoms with Gasteiger partial charge in [0, 0.05) is 5.41 Å². The molecular formula is C17H30NO5P. The van der Waals surface area contributed by atoms with Crippen LogP contribution in [0, 0.1) is 23.2 Å². The van der Waals surface area contributed by atoms with E-state index in [0.29, 0.717) is 18.4 Å². The van der Waals surface area contributed by atoms with Crippen LogP contribution in [0.1, 0.15) is 51.9 Å². The Morgan fingerprint density at radius 2 is 2.12 bits per heavy atom. The lowest BCUT2D eigenvalue weighted by atomic mass is 9.66. The molecule has 3 rings (SSSR count). The largest absolute Gasteiger partial charge is 0.394 e. The van der Waals surface area contributed by atoms with Crippen LogP contribution in [-0.2, 0) is 18.4 Å². The minimum Gasteiger partial charge on any atom is -0.394 e. The Morgan fingerprint density at radius 1 is 1.33 bits per heavy atom. The number of carbonyl (C=O) groups is 1. The summed E-state index contributed by atoms with van der Waals surface area (Å²) in [6, 6.07) is -0.528. The highest BCUT2D eigenvalue weighted by molar-refractivity contribution is 7.33. The summed E-state index contributed by atoms with van der Waals surface area (Å²) in [5.74, 6) is 2.27. The average molecular weight is 359 g/mol. The van der Waals surface area contributed by atoms with Gasteiger partial charge in [0.2, 0.25) is 5.91 Å². The quantitative estimate of drug-likeness (QED) is 0.651. The molecule has 0 aromatic rings. The lowest BCUT2D eigenvalue weighted by Crippen LogP contribution is -2.50. The first-order chi connectivity index (χ1) is 11.6. The summed E-state index contributed by atoms with van der Waals surface area (Å²) < 4.78 is 21.5. The van der Waals surface area contributed by atoms with Crippen LogP contribution in [0.25, 0.3) is 0 Å². The molecule has 3 fully saturated rings. The molecule has 7 heteroatoms. The first kappa shape index (κ1) is 18.4. The summed E-state index contributed by atoms with van der Waals surface area (Å²) in [7, 11) is -2.54. The van der Waals surface area contributed by atoms with Crippen molar-refractivity contribution in [3.8, 4) is 0 Å². The highest BCUT2D eigenvalue weighted by Crippen LogP contribution is 2.58. The fourth-order valence-electron chi connectivity index (χ4n) is 5.26. The molecule has 24 heavy (non-hydrogen) atoms. The van der Waals surface area contributed by atoms with Gasteiger partial charge in [-0.3, -0.25) is 9.36 Å². The van der Waals surface area contributed by atoms with Crippen molar-refractivity contribution in [2.24, 2.45) is 23.2 Å². The van der Waals surface area contributed by atoms with E-state index in [0.717, 1.165) is 31.6 Å². The number of hydrogen-bond acceptors (Lipinski definition) is 5. The minimum absolute atomic E-state index is 0.0194. The first-order valence-corrected chi connectivity index (χ1v) is 10.5. The Kier molecular flexibility index (Phi) is 6.02. The smallest absolute Gasteiger partial charge is 0.319 e. The van der Waals surface area contributed by atoms with E-state index in [2.05, 4.69) is 5.32 Å². The van der Waals surface area contributed by atoms with Gasteiger partial charge in [0.1, 0.15) is 0 Å². The summed E-state index contributed by atoms with van der Waals surface area (Å²) in [4.78, 5) is 13.0. The van der Waals surface area contributed by atoms with Gasteiger partial charge >= 0.3 is 8.25 Å². The van der Waals surface area contributed by atoms with Crippen LogP contribution in [0.3, 0.4) is 0 Å². The molecule has 4 unspecified atom stereocenters. The molecule has 138 valence electrons. The summed E-state index contributed by atoms with van der Waals surface area (Å²) in [6.45, 7) is 1.86. The molecule has 0 aromatic heterocycles. The van der Waals surface area contributed by atoms with Crippen molar-refractivity contribution in [2.75, 3.05) is 19.8 Å². The predicted molar refractivity (Wildman–Crippen MR) is 90.8 cm³/mol. The fourth-order valence-corrected chi connectivity index (χ4v) is 5.91. The van der Waals surface area contributed by atoms with Crippen LogP contribution in [0.15, 0.2) is 0 Å². The first-order valence-electron chi connectivity index (χ1n) is 9.27. The molecule has 0 aromatic carbocycles. The second-order valence-corrected chi connectivity index (χ2v) is 8.86. The molecule has 3 aliphatic carbocycles. The van der Waals surface area contributed by atoms with Crippen molar-refractivity contribution in [3.05, 3.63) is 0 Å². The van der Waals surface area contributed by atoms with E-state index in [9.17, 15) is 14.5 Å². The van der Waals surface area contributed by atoms with Gasteiger partial charge in [0.25, 0.3) is 0 Å². The molecule has 3 bridgehead atoms. The lowest BCUT2D eigenvalue weighted by molar-refractivity contribution is -0.136. The van der Waals surface area contributed by atoms with Gasteiger partial charge in [-0.1, -0.05) is 12.8 Å². The SMILES string of the molecule is CCO[PH](=O)OCC(CO)NC(=O)[C@]12CCCC3C[C@@H](CC3C1)C2. The van der Waals surface area contributed by atoms with Crippen molar-refractivity contribution in [1.82, 2.24) is 5.32 Å². The van der Waals surface area contributed by atoms with Crippen LogP contribution in [0.2, 0.25) is 0 Å². The fraction of sp³-hybridized carbons (Fsp3) is 0.941. The van der Waals surface area contributed by atoms with Crippen LogP contribution >= 0.6 is 8.25 Å². The molecule has 1 amide bonds. The molecule has 2 N–H and O–H groups in total. The van der Waals surface area contributed by atoms with Crippen LogP contribution in [0.5, 0.6) is 0 Å². The number of amides is 1. The molecule has 0 aliphatic heterocycles. The summed E-state index contributed by atoms with van der Waals surface area (Å²) in [5.41, 5.74) is -0.266. The Balaban J connectivity index is 1.59. The Bertz CT molecular complexity index is 488. The Morgan fingerprint density at radius 3 is 2.88 bits per heavy atom. The summed E-state index contributed by atoms with van der Waals surface area (Å²) in [6.07, 6.45) is 7.91. The van der Waals surface area contributed by atoms with Gasteiger partial charge in [0.05, 0.1) is 25.9 Å².